The Hall–Kier alpha value is -2.94. The first-order valence-electron chi connectivity index (χ1n) is 16.6. The van der Waals surface area contributed by atoms with Crippen molar-refractivity contribution in [3.05, 3.63) is 64.6 Å². The van der Waals surface area contributed by atoms with Gasteiger partial charge in [-0.05, 0) is 74.6 Å². The van der Waals surface area contributed by atoms with Gasteiger partial charge in [0.25, 0.3) is 5.91 Å². The Morgan fingerprint density at radius 1 is 1.00 bits per heavy atom. The second-order valence-electron chi connectivity index (χ2n) is 13.4. The highest BCUT2D eigenvalue weighted by molar-refractivity contribution is 6.34. The van der Waals surface area contributed by atoms with Gasteiger partial charge in [-0.25, -0.2) is 4.39 Å². The molecular weight excluding hydrogens is 593 g/mol. The first kappa shape index (κ1) is 32.0. The third kappa shape index (κ3) is 7.55. The number of nitrogens with zero attached hydrogens (tertiary/aromatic N) is 2. The van der Waals surface area contributed by atoms with E-state index < -0.39 is 5.82 Å². The molecule has 3 fully saturated rings. The summed E-state index contributed by atoms with van der Waals surface area (Å²) in [6, 6.07) is 10.1. The van der Waals surface area contributed by atoms with Gasteiger partial charge in [-0.15, -0.1) is 0 Å². The molecule has 2 aromatic carbocycles. The van der Waals surface area contributed by atoms with E-state index in [4.69, 9.17) is 21.1 Å². The molecule has 2 amide bonds. The smallest absolute Gasteiger partial charge is 0.257 e. The number of benzene rings is 2. The monoisotopic (exact) mass is 637 g/mol. The van der Waals surface area contributed by atoms with E-state index >= 15 is 4.39 Å². The van der Waals surface area contributed by atoms with Gasteiger partial charge in [-0.1, -0.05) is 56.0 Å². The summed E-state index contributed by atoms with van der Waals surface area (Å²) in [5.74, 6) is -0.395. The number of hydrogen-bond acceptors (Lipinski definition) is 4. The average Bonchev–Trinajstić information content (AvgIpc) is 3.60. The van der Waals surface area contributed by atoms with Crippen LogP contribution in [-0.2, 0) is 27.7 Å². The molecule has 2 aliphatic carbocycles. The first-order valence-corrected chi connectivity index (χ1v) is 17.0. The normalized spacial score (nSPS) is 24.3. The lowest BCUT2D eigenvalue weighted by atomic mass is 9.89. The Bertz CT molecular complexity index is 1510. The number of fused-ring (bicyclic) bond motifs is 1. The number of amides is 2. The Morgan fingerprint density at radius 2 is 1.76 bits per heavy atom. The predicted octanol–water partition coefficient (Wildman–Crippen LogP) is 7.68. The number of carbonyl (C=O) groups excluding carboxylic acids is 2. The molecular formula is C36H45ClFN3O4. The molecule has 6 rings (SSSR count). The van der Waals surface area contributed by atoms with Crippen molar-refractivity contribution in [2.75, 3.05) is 18.5 Å². The van der Waals surface area contributed by atoms with Gasteiger partial charge in [0.05, 0.1) is 53.7 Å². The zero-order chi connectivity index (χ0) is 31.5. The van der Waals surface area contributed by atoms with Gasteiger partial charge in [-0.2, -0.15) is 0 Å². The van der Waals surface area contributed by atoms with Crippen LogP contribution in [0.15, 0.2) is 42.6 Å². The number of ether oxygens (including phenoxy) is 2. The third-order valence-electron chi connectivity index (χ3n) is 9.99. The van der Waals surface area contributed by atoms with Gasteiger partial charge in [0, 0.05) is 30.7 Å². The summed E-state index contributed by atoms with van der Waals surface area (Å²) in [4.78, 5) is 28.7. The minimum Gasteiger partial charge on any atom is -0.376 e. The quantitative estimate of drug-likeness (QED) is 0.261. The van der Waals surface area contributed by atoms with E-state index in [1.807, 2.05) is 40.8 Å². The van der Waals surface area contributed by atoms with Crippen molar-refractivity contribution in [2.24, 2.45) is 13.0 Å². The van der Waals surface area contributed by atoms with Crippen molar-refractivity contribution >= 4 is 40.0 Å². The van der Waals surface area contributed by atoms with E-state index in [1.54, 1.807) is 6.20 Å². The van der Waals surface area contributed by atoms with Crippen molar-refractivity contribution in [3.8, 4) is 0 Å². The molecule has 2 saturated carbocycles. The van der Waals surface area contributed by atoms with E-state index in [0.717, 1.165) is 48.9 Å². The number of para-hydroxylation sites is 1. The topological polar surface area (TPSA) is 72.8 Å². The standard InChI is InChI=1S/C36H45ClFN3O4/c1-23-12-14-26(15-13-23)44-22-25-18-28(45-27-8-4-3-5-9-27)20-41(25)35(42)17-24-16-31(37)33(19-32(24)38)39-36(43)30-21-40(2)34-11-7-6-10-29(30)34/h6-7,10-11,16,19,21,23,25-28H,3-5,8-9,12-15,17-18,20,22H2,1-2H3,(H,39,43)/t23?,25-,26?,28-/m0/s1. The fourth-order valence-corrected chi connectivity index (χ4v) is 7.58. The number of hydrogen-bond donors (Lipinski definition) is 1. The summed E-state index contributed by atoms with van der Waals surface area (Å²) >= 11 is 6.55. The van der Waals surface area contributed by atoms with Gasteiger partial charge in [0.1, 0.15) is 5.82 Å². The molecule has 1 aromatic heterocycles. The fourth-order valence-electron chi connectivity index (χ4n) is 7.35. The van der Waals surface area contributed by atoms with Gasteiger partial charge >= 0.3 is 0 Å². The summed E-state index contributed by atoms with van der Waals surface area (Å²) in [6.45, 7) is 3.25. The van der Waals surface area contributed by atoms with Crippen molar-refractivity contribution in [3.63, 3.8) is 0 Å². The summed E-state index contributed by atoms with van der Waals surface area (Å²) in [5, 5.41) is 3.73. The zero-order valence-electron chi connectivity index (χ0n) is 26.4. The first-order chi connectivity index (χ1) is 21.7. The second kappa shape index (κ2) is 14.2. The molecule has 45 heavy (non-hydrogen) atoms. The summed E-state index contributed by atoms with van der Waals surface area (Å²) in [6.07, 6.45) is 13.0. The minimum absolute atomic E-state index is 0.0443. The van der Waals surface area contributed by atoms with E-state index in [9.17, 15) is 9.59 Å². The van der Waals surface area contributed by atoms with Crippen LogP contribution in [-0.4, -0.2) is 58.8 Å². The number of aryl methyl sites for hydroxylation is 1. The van der Waals surface area contributed by atoms with Crippen molar-refractivity contribution in [1.82, 2.24) is 9.47 Å². The van der Waals surface area contributed by atoms with Crippen LogP contribution >= 0.6 is 11.6 Å². The molecule has 2 heterocycles. The molecule has 242 valence electrons. The van der Waals surface area contributed by atoms with Gasteiger partial charge < -0.3 is 24.3 Å². The van der Waals surface area contributed by atoms with Crippen molar-refractivity contribution in [2.45, 2.75) is 102 Å². The maximum Gasteiger partial charge on any atom is 0.257 e. The van der Waals surface area contributed by atoms with E-state index in [-0.39, 0.29) is 58.9 Å². The predicted molar refractivity (Wildman–Crippen MR) is 175 cm³/mol. The molecule has 0 radical (unpaired) electrons. The number of aromatic nitrogens is 1. The van der Waals surface area contributed by atoms with Crippen LogP contribution < -0.4 is 5.32 Å². The maximum absolute atomic E-state index is 15.5. The number of nitrogens with one attached hydrogen (secondary N) is 1. The lowest BCUT2D eigenvalue weighted by Crippen LogP contribution is -2.40. The highest BCUT2D eigenvalue weighted by Crippen LogP contribution is 2.32. The van der Waals surface area contributed by atoms with Gasteiger partial charge in [0.2, 0.25) is 5.91 Å². The number of carbonyl (C=O) groups is 2. The largest absolute Gasteiger partial charge is 0.376 e. The van der Waals surface area contributed by atoms with Gasteiger partial charge in [0.15, 0.2) is 0 Å². The lowest BCUT2D eigenvalue weighted by Gasteiger charge is -2.30. The maximum atomic E-state index is 15.5. The van der Waals surface area contributed by atoms with Crippen molar-refractivity contribution in [1.29, 1.82) is 0 Å². The molecule has 0 spiro atoms. The van der Waals surface area contributed by atoms with Crippen LogP contribution in [0.3, 0.4) is 0 Å². The molecule has 3 aromatic rings. The highest BCUT2D eigenvalue weighted by atomic mass is 35.5. The summed E-state index contributed by atoms with van der Waals surface area (Å²) in [5.41, 5.74) is 1.75. The highest BCUT2D eigenvalue weighted by Gasteiger charge is 2.38. The molecule has 7 nitrogen and oxygen atoms in total. The molecule has 3 aliphatic rings. The molecule has 9 heteroatoms. The molecule has 0 bridgehead atoms. The number of likely N-dealkylation sites (tertiary alicyclic amines) is 1. The van der Waals surface area contributed by atoms with Crippen LogP contribution in [0.4, 0.5) is 10.1 Å². The Labute approximate surface area is 270 Å². The number of anilines is 1. The van der Waals surface area contributed by atoms with Crippen LogP contribution in [0, 0.1) is 11.7 Å². The summed E-state index contributed by atoms with van der Waals surface area (Å²) < 4.78 is 30.2. The van der Waals surface area contributed by atoms with Crippen LogP contribution in [0.5, 0.6) is 0 Å². The average molecular weight is 638 g/mol. The lowest BCUT2D eigenvalue weighted by molar-refractivity contribution is -0.133. The molecule has 1 aliphatic heterocycles. The Balaban J connectivity index is 1.13. The van der Waals surface area contributed by atoms with Gasteiger partial charge in [-0.3, -0.25) is 9.59 Å². The van der Waals surface area contributed by atoms with Crippen molar-refractivity contribution < 1.29 is 23.5 Å². The summed E-state index contributed by atoms with van der Waals surface area (Å²) in [7, 11) is 1.87. The second-order valence-corrected chi connectivity index (χ2v) is 13.8. The molecule has 2 atom stereocenters. The minimum atomic E-state index is -0.584. The molecule has 0 unspecified atom stereocenters. The van der Waals surface area contributed by atoms with E-state index in [1.165, 1.54) is 44.2 Å². The van der Waals surface area contributed by atoms with Crippen LogP contribution in [0.2, 0.25) is 5.02 Å². The van der Waals surface area contributed by atoms with Crippen LogP contribution in [0.1, 0.15) is 87.1 Å². The van der Waals surface area contributed by atoms with E-state index in [2.05, 4.69) is 12.2 Å². The number of rotatable bonds is 9. The Kier molecular flexibility index (Phi) is 10.1. The third-order valence-corrected chi connectivity index (χ3v) is 10.3. The zero-order valence-corrected chi connectivity index (χ0v) is 27.2. The molecule has 1 N–H and O–H groups in total. The van der Waals surface area contributed by atoms with E-state index in [0.29, 0.717) is 18.7 Å². The SMILES string of the molecule is CC1CCC(OC[C@@H]2C[C@H](OC3CCCCC3)CN2C(=O)Cc2cc(Cl)c(NC(=O)c3cn(C)c4ccccc34)cc2F)CC1. The molecule has 1 saturated heterocycles. The van der Waals surface area contributed by atoms with Crippen LogP contribution in [0.25, 0.3) is 10.9 Å². The fraction of sp³-hybridized carbons (Fsp3) is 0.556. The number of halogens is 2. The Morgan fingerprint density at radius 3 is 2.53 bits per heavy atom.